The fraction of sp³-hybridized carbons (Fsp3) is 0.143. The zero-order valence-corrected chi connectivity index (χ0v) is 10.2. The smallest absolute Gasteiger partial charge is 0.280 e. The van der Waals surface area contributed by atoms with Crippen LogP contribution < -0.4 is 5.32 Å². The van der Waals surface area contributed by atoms with Crippen molar-refractivity contribution in [3.8, 4) is 0 Å². The van der Waals surface area contributed by atoms with E-state index in [4.69, 9.17) is 0 Å². The highest BCUT2D eigenvalue weighted by Gasteiger charge is 2.48. The molecule has 2 heterocycles. The van der Waals surface area contributed by atoms with Crippen molar-refractivity contribution in [2.45, 2.75) is 3.23 Å². The minimum atomic E-state index is -1.27. The summed E-state index contributed by atoms with van der Waals surface area (Å²) in [6.45, 7) is 0. The number of rotatable bonds is 1. The molecule has 1 aliphatic rings. The minimum Gasteiger partial charge on any atom is -0.308 e. The zero-order chi connectivity index (χ0) is 11.2. The second-order valence-electron chi connectivity index (χ2n) is 2.84. The average molecular weight is 337 g/mol. The van der Waals surface area contributed by atoms with Gasteiger partial charge in [0.1, 0.15) is 11.4 Å². The van der Waals surface area contributed by atoms with Gasteiger partial charge in [-0.3, -0.25) is 14.9 Å². The highest BCUT2D eigenvalue weighted by Crippen LogP contribution is 2.50. The first kappa shape index (κ1) is 10.5. The van der Waals surface area contributed by atoms with Crippen LogP contribution >= 0.6 is 31.9 Å². The van der Waals surface area contributed by atoms with E-state index in [2.05, 4.69) is 42.2 Å². The second-order valence-corrected chi connectivity index (χ2v) is 6.28. The van der Waals surface area contributed by atoms with Gasteiger partial charge < -0.3 is 5.32 Å². The van der Waals surface area contributed by atoms with Gasteiger partial charge in [0.05, 0.1) is 4.92 Å². The summed E-state index contributed by atoms with van der Waals surface area (Å²) in [5, 5.41) is 13.2. The van der Waals surface area contributed by atoms with E-state index in [0.29, 0.717) is 0 Å². The van der Waals surface area contributed by atoms with E-state index >= 15 is 0 Å². The zero-order valence-electron chi connectivity index (χ0n) is 7.03. The van der Waals surface area contributed by atoms with E-state index in [0.717, 1.165) is 0 Å². The molecule has 1 aromatic rings. The summed E-state index contributed by atoms with van der Waals surface area (Å²) in [6, 6.07) is 1.25. The number of carbonyl (C=O) groups is 1. The summed E-state index contributed by atoms with van der Waals surface area (Å²) in [7, 11) is 0. The Morgan fingerprint density at radius 1 is 1.53 bits per heavy atom. The first-order valence-corrected chi connectivity index (χ1v) is 5.36. The van der Waals surface area contributed by atoms with Crippen LogP contribution in [0.15, 0.2) is 12.3 Å². The van der Waals surface area contributed by atoms with Crippen LogP contribution in [0.5, 0.6) is 0 Å². The molecule has 0 spiro atoms. The molecule has 1 N–H and O–H groups in total. The van der Waals surface area contributed by atoms with Crippen molar-refractivity contribution >= 4 is 49.3 Å². The Kier molecular flexibility index (Phi) is 2.27. The number of hydrogen-bond donors (Lipinski definition) is 1. The molecule has 0 unspecified atom stereocenters. The maximum Gasteiger partial charge on any atom is 0.280 e. The highest BCUT2D eigenvalue weighted by molar-refractivity contribution is 9.25. The number of hydrogen-bond acceptors (Lipinski definition) is 4. The monoisotopic (exact) mass is 335 g/mol. The molecule has 0 saturated heterocycles. The van der Waals surface area contributed by atoms with Gasteiger partial charge in [0.25, 0.3) is 11.6 Å². The number of amides is 1. The molecule has 8 heteroatoms. The number of carbonyl (C=O) groups excluding carboxylic acids is 1. The van der Waals surface area contributed by atoms with Gasteiger partial charge in [0.2, 0.25) is 0 Å². The van der Waals surface area contributed by atoms with Crippen molar-refractivity contribution in [2.75, 3.05) is 5.32 Å². The fourth-order valence-corrected chi connectivity index (χ4v) is 2.29. The van der Waals surface area contributed by atoms with Crippen molar-refractivity contribution in [1.82, 2.24) is 4.98 Å². The first-order chi connectivity index (χ1) is 6.94. The quantitative estimate of drug-likeness (QED) is 0.482. The maximum atomic E-state index is 11.5. The lowest BCUT2D eigenvalue weighted by molar-refractivity contribution is -0.385. The molecule has 0 saturated carbocycles. The Balaban J connectivity index is 2.72. The molecule has 0 atom stereocenters. The molecular formula is C7H3Br2N3O3. The van der Waals surface area contributed by atoms with Crippen LogP contribution in [0.1, 0.15) is 5.56 Å². The largest absolute Gasteiger partial charge is 0.308 e. The first-order valence-electron chi connectivity index (χ1n) is 3.77. The lowest BCUT2D eigenvalue weighted by Gasteiger charge is -2.09. The van der Waals surface area contributed by atoms with Gasteiger partial charge in [-0.25, -0.2) is 4.98 Å². The Labute approximate surface area is 100 Å². The Bertz CT molecular complexity index is 475. The van der Waals surface area contributed by atoms with Gasteiger partial charge in [-0.1, -0.05) is 31.9 Å². The van der Waals surface area contributed by atoms with Gasteiger partial charge in [0, 0.05) is 12.3 Å². The predicted octanol–water partition coefficient (Wildman–Crippen LogP) is 1.88. The van der Waals surface area contributed by atoms with E-state index in [1.165, 1.54) is 12.3 Å². The second kappa shape index (κ2) is 3.24. The SMILES string of the molecule is O=C1Nc2nccc([N+](=O)[O-])c2C1(Br)Br. The lowest BCUT2D eigenvalue weighted by Crippen LogP contribution is -2.20. The Morgan fingerprint density at radius 3 is 2.80 bits per heavy atom. The van der Waals surface area contributed by atoms with Crippen molar-refractivity contribution in [1.29, 1.82) is 0 Å². The summed E-state index contributed by atoms with van der Waals surface area (Å²) in [4.78, 5) is 25.5. The third kappa shape index (κ3) is 1.44. The maximum absolute atomic E-state index is 11.5. The Morgan fingerprint density at radius 2 is 2.20 bits per heavy atom. The molecule has 6 nitrogen and oxygen atoms in total. The normalized spacial score (nSPS) is 17.1. The molecule has 0 fully saturated rings. The summed E-state index contributed by atoms with van der Waals surface area (Å²) in [6.07, 6.45) is 1.28. The standard InChI is InChI=1S/C7H3Br2N3O3/c8-7(9)4-3(12(14)15)1-2-10-5(4)11-6(7)13/h1-2H,(H,10,11,13). The number of fused-ring (bicyclic) bond motifs is 1. The van der Waals surface area contributed by atoms with E-state index in [9.17, 15) is 14.9 Å². The lowest BCUT2D eigenvalue weighted by atomic mass is 10.2. The highest BCUT2D eigenvalue weighted by atomic mass is 79.9. The molecular weight excluding hydrogens is 334 g/mol. The summed E-state index contributed by atoms with van der Waals surface area (Å²) in [5.41, 5.74) is 0.0344. The van der Waals surface area contributed by atoms with Crippen LogP contribution in [0, 0.1) is 10.1 Å². The Hall–Kier alpha value is -1.02. The summed E-state index contributed by atoms with van der Waals surface area (Å²) < 4.78 is -1.27. The topological polar surface area (TPSA) is 85.1 Å². The molecule has 78 valence electrons. The van der Waals surface area contributed by atoms with Crippen LogP contribution in [0.4, 0.5) is 11.5 Å². The fourth-order valence-electron chi connectivity index (χ4n) is 1.31. The minimum absolute atomic E-state index is 0.160. The molecule has 15 heavy (non-hydrogen) atoms. The van der Waals surface area contributed by atoms with Crippen LogP contribution in [0.25, 0.3) is 0 Å². The van der Waals surface area contributed by atoms with Crippen molar-refractivity contribution in [3.63, 3.8) is 0 Å². The number of aromatic nitrogens is 1. The molecule has 1 aliphatic heterocycles. The molecule has 0 aromatic carbocycles. The van der Waals surface area contributed by atoms with Gasteiger partial charge >= 0.3 is 0 Å². The van der Waals surface area contributed by atoms with Crippen molar-refractivity contribution in [3.05, 3.63) is 27.9 Å². The summed E-state index contributed by atoms with van der Waals surface area (Å²) in [5.74, 6) is -0.234. The molecule has 1 amide bonds. The molecule has 2 rings (SSSR count). The summed E-state index contributed by atoms with van der Waals surface area (Å²) >= 11 is 6.17. The third-order valence-corrected chi connectivity index (χ3v) is 3.47. The van der Waals surface area contributed by atoms with Crippen LogP contribution in [0.3, 0.4) is 0 Å². The predicted molar refractivity (Wildman–Crippen MR) is 59.1 cm³/mol. The number of anilines is 1. The van der Waals surface area contributed by atoms with Crippen LogP contribution in [0.2, 0.25) is 0 Å². The number of nitrogens with one attached hydrogen (secondary N) is 1. The average Bonchev–Trinajstić information content (AvgIpc) is 2.38. The van der Waals surface area contributed by atoms with E-state index in [1.807, 2.05) is 0 Å². The van der Waals surface area contributed by atoms with Gasteiger partial charge in [-0.2, -0.15) is 0 Å². The molecule has 0 aliphatic carbocycles. The number of pyridine rings is 1. The van der Waals surface area contributed by atoms with Gasteiger partial charge in [-0.15, -0.1) is 0 Å². The van der Waals surface area contributed by atoms with E-state index in [-0.39, 0.29) is 17.1 Å². The number of nitrogens with zero attached hydrogens (tertiary/aromatic N) is 2. The number of nitro groups is 1. The number of alkyl halides is 2. The molecule has 0 bridgehead atoms. The van der Waals surface area contributed by atoms with E-state index < -0.39 is 14.1 Å². The third-order valence-electron chi connectivity index (χ3n) is 1.96. The van der Waals surface area contributed by atoms with Crippen LogP contribution in [-0.2, 0) is 8.03 Å². The molecule has 0 radical (unpaired) electrons. The number of halogens is 2. The molecule has 1 aromatic heterocycles. The van der Waals surface area contributed by atoms with E-state index in [1.54, 1.807) is 0 Å². The van der Waals surface area contributed by atoms with Gasteiger partial charge in [-0.05, 0) is 0 Å². The van der Waals surface area contributed by atoms with Crippen LogP contribution in [-0.4, -0.2) is 15.8 Å². The van der Waals surface area contributed by atoms with Crippen molar-refractivity contribution in [2.24, 2.45) is 0 Å². The van der Waals surface area contributed by atoms with Gasteiger partial charge in [0.15, 0.2) is 3.23 Å². The van der Waals surface area contributed by atoms with Crippen molar-refractivity contribution < 1.29 is 9.72 Å².